The minimum atomic E-state index is -1.19. The van der Waals surface area contributed by atoms with E-state index in [1.807, 2.05) is 22.8 Å². The van der Waals surface area contributed by atoms with Crippen LogP contribution in [0.4, 0.5) is 15.9 Å². The Morgan fingerprint density at radius 3 is 2.54 bits per heavy atom. The Labute approximate surface area is 220 Å². The van der Waals surface area contributed by atoms with Gasteiger partial charge in [0, 0.05) is 32.4 Å². The molecule has 0 radical (unpaired) electrons. The summed E-state index contributed by atoms with van der Waals surface area (Å²) in [7, 11) is 0. The lowest BCUT2D eigenvalue weighted by atomic mass is 10.2. The van der Waals surface area contributed by atoms with Gasteiger partial charge < -0.3 is 14.9 Å². The van der Waals surface area contributed by atoms with Crippen molar-refractivity contribution in [1.29, 1.82) is 0 Å². The summed E-state index contributed by atoms with van der Waals surface area (Å²) >= 11 is 6.15. The van der Waals surface area contributed by atoms with Crippen molar-refractivity contribution in [3.8, 4) is 0 Å². The Hall–Kier alpha value is -3.77. The fourth-order valence-electron chi connectivity index (χ4n) is 4.44. The van der Waals surface area contributed by atoms with E-state index < -0.39 is 18.4 Å². The highest BCUT2D eigenvalue weighted by Gasteiger charge is 2.34. The molecule has 1 amide bonds. The average molecular weight is 540 g/mol. The van der Waals surface area contributed by atoms with Crippen LogP contribution in [0.3, 0.4) is 0 Å². The number of thiocarbonyl (C=S) groups is 1. The number of carboxylic acids is 1. The third kappa shape index (κ3) is 4.69. The number of hydrogen-bond acceptors (Lipinski definition) is 8. The summed E-state index contributed by atoms with van der Waals surface area (Å²) < 4.78 is 15.9. The third-order valence-corrected chi connectivity index (χ3v) is 7.66. The molecule has 190 valence electrons. The molecule has 12 heteroatoms. The summed E-state index contributed by atoms with van der Waals surface area (Å²) in [6.07, 6.45) is 3.06. The number of aliphatic carboxylic acids is 1. The maximum absolute atomic E-state index is 14.3. The van der Waals surface area contributed by atoms with Gasteiger partial charge in [-0.25, -0.2) is 9.37 Å². The van der Waals surface area contributed by atoms with E-state index in [9.17, 15) is 18.8 Å². The van der Waals surface area contributed by atoms with Crippen molar-refractivity contribution in [1.82, 2.24) is 14.3 Å². The van der Waals surface area contributed by atoms with Gasteiger partial charge in [-0.2, -0.15) is 0 Å². The zero-order valence-electron chi connectivity index (χ0n) is 19.8. The van der Waals surface area contributed by atoms with Gasteiger partial charge in [-0.05, 0) is 36.8 Å². The molecule has 3 aromatic rings. The Bertz CT molecular complexity index is 1530. The number of anilines is 2. The number of carbonyl (C=O) groups is 2. The molecular formula is C25H22FN5O4S2. The average Bonchev–Trinajstić information content (AvgIpc) is 3.13. The number of pyridine rings is 1. The summed E-state index contributed by atoms with van der Waals surface area (Å²) in [5.74, 6) is -1.64. The van der Waals surface area contributed by atoms with Gasteiger partial charge in [-0.3, -0.25) is 23.7 Å². The van der Waals surface area contributed by atoms with Crippen molar-refractivity contribution in [3.63, 3.8) is 0 Å². The van der Waals surface area contributed by atoms with E-state index in [4.69, 9.17) is 22.3 Å². The fraction of sp³-hybridized carbons (Fsp3) is 0.240. The number of aryl methyl sites for hydroxylation is 1. The number of rotatable bonds is 5. The van der Waals surface area contributed by atoms with Crippen LogP contribution in [-0.4, -0.2) is 68.3 Å². The normalized spacial score (nSPS) is 17.4. The smallest absolute Gasteiger partial charge is 0.323 e. The lowest BCUT2D eigenvalue weighted by Gasteiger charge is -2.37. The number of carbonyl (C=O) groups excluding carboxylic acids is 1. The number of amides is 1. The molecule has 9 nitrogen and oxygen atoms in total. The van der Waals surface area contributed by atoms with E-state index in [1.54, 1.807) is 30.5 Å². The number of hydrogen-bond donors (Lipinski definition) is 1. The molecule has 2 aliphatic rings. The number of aromatic nitrogens is 2. The van der Waals surface area contributed by atoms with Crippen LogP contribution >= 0.6 is 24.0 Å². The molecule has 0 spiro atoms. The maximum atomic E-state index is 14.3. The molecule has 0 aliphatic carbocycles. The van der Waals surface area contributed by atoms with Crippen LogP contribution in [0.2, 0.25) is 0 Å². The number of para-hydroxylation sites is 1. The van der Waals surface area contributed by atoms with Crippen LogP contribution < -0.4 is 15.4 Å². The lowest BCUT2D eigenvalue weighted by Crippen LogP contribution is -2.47. The Morgan fingerprint density at radius 2 is 1.84 bits per heavy atom. The van der Waals surface area contributed by atoms with E-state index in [1.165, 1.54) is 16.5 Å². The number of benzene rings is 1. The predicted molar refractivity (Wildman–Crippen MR) is 145 cm³/mol. The first-order valence-electron chi connectivity index (χ1n) is 11.5. The van der Waals surface area contributed by atoms with Crippen molar-refractivity contribution >= 4 is 63.4 Å². The number of nitrogens with zero attached hydrogens (tertiary/aromatic N) is 5. The van der Waals surface area contributed by atoms with E-state index in [-0.39, 0.29) is 26.2 Å². The summed E-state index contributed by atoms with van der Waals surface area (Å²) in [4.78, 5) is 47.6. The highest BCUT2D eigenvalue weighted by Crippen LogP contribution is 2.34. The van der Waals surface area contributed by atoms with Crippen LogP contribution in [0.5, 0.6) is 0 Å². The Kier molecular flexibility index (Phi) is 6.69. The molecule has 37 heavy (non-hydrogen) atoms. The summed E-state index contributed by atoms with van der Waals surface area (Å²) in [6.45, 7) is 3.28. The predicted octanol–water partition coefficient (Wildman–Crippen LogP) is 2.75. The van der Waals surface area contributed by atoms with E-state index in [0.29, 0.717) is 43.3 Å². The topological polar surface area (TPSA) is 98.5 Å². The van der Waals surface area contributed by atoms with Crippen molar-refractivity contribution in [3.05, 3.63) is 74.8 Å². The number of fused-ring (bicyclic) bond motifs is 1. The van der Waals surface area contributed by atoms with Crippen LogP contribution in [0.1, 0.15) is 11.1 Å². The molecule has 0 unspecified atom stereocenters. The first-order valence-corrected chi connectivity index (χ1v) is 12.7. The second kappa shape index (κ2) is 9.94. The van der Waals surface area contributed by atoms with Crippen molar-refractivity contribution < 1.29 is 19.1 Å². The van der Waals surface area contributed by atoms with Crippen molar-refractivity contribution in [2.24, 2.45) is 0 Å². The van der Waals surface area contributed by atoms with Crippen molar-refractivity contribution in [2.45, 2.75) is 6.92 Å². The SMILES string of the molecule is Cc1cccn2c(=O)c(C=C3SC(=S)N(CC(=O)O)C3=O)c(N3CCN(c4ccccc4F)CC3)nc12. The van der Waals surface area contributed by atoms with Crippen LogP contribution in [0.25, 0.3) is 11.7 Å². The third-order valence-electron chi connectivity index (χ3n) is 6.28. The molecule has 2 aliphatic heterocycles. The van der Waals surface area contributed by atoms with Gasteiger partial charge in [0.05, 0.1) is 16.2 Å². The monoisotopic (exact) mass is 539 g/mol. The highest BCUT2D eigenvalue weighted by molar-refractivity contribution is 8.26. The zero-order valence-corrected chi connectivity index (χ0v) is 21.4. The molecule has 0 saturated carbocycles. The Morgan fingerprint density at radius 1 is 1.14 bits per heavy atom. The largest absolute Gasteiger partial charge is 0.480 e. The Balaban J connectivity index is 1.55. The summed E-state index contributed by atoms with van der Waals surface area (Å²) in [6, 6.07) is 10.2. The molecule has 0 atom stereocenters. The van der Waals surface area contributed by atoms with Gasteiger partial charge in [0.1, 0.15) is 28.1 Å². The van der Waals surface area contributed by atoms with Gasteiger partial charge in [0.25, 0.3) is 11.5 Å². The molecule has 4 heterocycles. The van der Waals surface area contributed by atoms with Gasteiger partial charge in [-0.15, -0.1) is 0 Å². The van der Waals surface area contributed by atoms with Gasteiger partial charge in [-0.1, -0.05) is 42.2 Å². The minimum absolute atomic E-state index is 0.114. The summed E-state index contributed by atoms with van der Waals surface area (Å²) in [5.41, 5.74) is 1.67. The molecule has 1 aromatic carbocycles. The molecule has 5 rings (SSSR count). The number of carboxylic acid groups (broad SMARTS) is 1. The summed E-state index contributed by atoms with van der Waals surface area (Å²) in [5, 5.41) is 9.13. The maximum Gasteiger partial charge on any atom is 0.323 e. The molecule has 0 bridgehead atoms. The quantitative estimate of drug-likeness (QED) is 0.388. The van der Waals surface area contributed by atoms with E-state index in [0.717, 1.165) is 22.2 Å². The fourth-order valence-corrected chi connectivity index (χ4v) is 5.67. The number of halogens is 1. The standard InChI is InChI=1S/C25H22FN5O4S2/c1-15-5-4-8-30-21(15)27-22(29-11-9-28(10-12-29)18-7-3-2-6-17(18)26)16(23(30)34)13-19-24(35)31(14-20(32)33)25(36)37-19/h2-8,13H,9-12,14H2,1H3,(H,32,33). The lowest BCUT2D eigenvalue weighted by molar-refractivity contribution is -0.140. The second-order valence-corrected chi connectivity index (χ2v) is 10.3. The van der Waals surface area contributed by atoms with E-state index >= 15 is 0 Å². The van der Waals surface area contributed by atoms with Gasteiger partial charge in [0.2, 0.25) is 0 Å². The minimum Gasteiger partial charge on any atom is -0.480 e. The van der Waals surface area contributed by atoms with Crippen LogP contribution in [0, 0.1) is 12.7 Å². The van der Waals surface area contributed by atoms with E-state index in [2.05, 4.69) is 0 Å². The van der Waals surface area contributed by atoms with Crippen molar-refractivity contribution in [2.75, 3.05) is 42.5 Å². The molecule has 2 saturated heterocycles. The van der Waals surface area contributed by atoms with Gasteiger partial charge in [0.15, 0.2) is 0 Å². The highest BCUT2D eigenvalue weighted by atomic mass is 32.2. The van der Waals surface area contributed by atoms with Crippen LogP contribution in [0.15, 0.2) is 52.3 Å². The van der Waals surface area contributed by atoms with Gasteiger partial charge >= 0.3 is 5.97 Å². The van der Waals surface area contributed by atoms with Crippen LogP contribution in [-0.2, 0) is 9.59 Å². The number of piperazine rings is 1. The molecular weight excluding hydrogens is 517 g/mol. The zero-order chi connectivity index (χ0) is 26.3. The second-order valence-electron chi connectivity index (χ2n) is 8.63. The molecule has 2 aromatic heterocycles. The number of thioether (sulfide) groups is 1. The molecule has 2 fully saturated rings. The molecule has 1 N–H and O–H groups in total. The first-order chi connectivity index (χ1) is 17.7. The first kappa shape index (κ1) is 24.9.